The van der Waals surface area contributed by atoms with Crippen LogP contribution in [0, 0.1) is 6.92 Å². The van der Waals surface area contributed by atoms with Gasteiger partial charge >= 0.3 is 0 Å². The van der Waals surface area contributed by atoms with Crippen LogP contribution < -0.4 is 10.1 Å². The molecule has 1 amide bonds. The molecule has 0 atom stereocenters. The van der Waals surface area contributed by atoms with E-state index in [1.54, 1.807) is 6.08 Å². The second kappa shape index (κ2) is 6.33. The number of nitrogens with one attached hydrogen (secondary N) is 1. The summed E-state index contributed by atoms with van der Waals surface area (Å²) >= 11 is 3.40. The molecule has 0 heterocycles. The smallest absolute Gasteiger partial charge is 0.258 e. The molecule has 0 fully saturated rings. The Balaban J connectivity index is 2.45. The number of benzene rings is 1. The van der Waals surface area contributed by atoms with Crippen molar-refractivity contribution in [2.45, 2.75) is 6.92 Å². The van der Waals surface area contributed by atoms with Crippen molar-refractivity contribution in [1.29, 1.82) is 0 Å². The molecule has 0 radical (unpaired) electrons. The highest BCUT2D eigenvalue weighted by Gasteiger charge is 2.02. The number of rotatable bonds is 5. The van der Waals surface area contributed by atoms with Crippen molar-refractivity contribution in [3.05, 3.63) is 40.9 Å². The molecular weight excluding hydrogens is 270 g/mol. The standard InChI is InChI=1S/C12H14BrNO2/c1-3-6-14-12(15)8-16-10-4-5-11(13)9(2)7-10/h3-5,7H,1,6,8H2,2H3,(H,14,15). The maximum absolute atomic E-state index is 11.2. The van der Waals surface area contributed by atoms with Crippen LogP contribution in [-0.4, -0.2) is 19.1 Å². The quantitative estimate of drug-likeness (QED) is 0.843. The molecule has 1 N–H and O–H groups in total. The van der Waals surface area contributed by atoms with Gasteiger partial charge < -0.3 is 10.1 Å². The molecule has 16 heavy (non-hydrogen) atoms. The Hall–Kier alpha value is -1.29. The Morgan fingerprint density at radius 2 is 2.38 bits per heavy atom. The molecule has 0 aliphatic rings. The van der Waals surface area contributed by atoms with E-state index in [0.29, 0.717) is 12.3 Å². The van der Waals surface area contributed by atoms with Gasteiger partial charge in [-0.3, -0.25) is 4.79 Å². The fraction of sp³-hybridized carbons (Fsp3) is 0.250. The van der Waals surface area contributed by atoms with E-state index < -0.39 is 0 Å². The van der Waals surface area contributed by atoms with Gasteiger partial charge in [0.05, 0.1) is 0 Å². The number of ether oxygens (including phenoxy) is 1. The molecule has 0 saturated carbocycles. The zero-order chi connectivity index (χ0) is 12.0. The minimum atomic E-state index is -0.152. The number of aryl methyl sites for hydroxylation is 1. The molecule has 0 saturated heterocycles. The first-order chi connectivity index (χ1) is 7.63. The second-order valence-corrected chi connectivity index (χ2v) is 4.15. The Kier molecular flexibility index (Phi) is 5.05. The molecular formula is C12H14BrNO2. The lowest BCUT2D eigenvalue weighted by Crippen LogP contribution is -2.28. The summed E-state index contributed by atoms with van der Waals surface area (Å²) in [5, 5.41) is 2.64. The van der Waals surface area contributed by atoms with Crippen LogP contribution >= 0.6 is 15.9 Å². The molecule has 1 aromatic carbocycles. The van der Waals surface area contributed by atoms with Gasteiger partial charge in [-0.2, -0.15) is 0 Å². The van der Waals surface area contributed by atoms with Gasteiger partial charge in [0.25, 0.3) is 5.91 Å². The number of carbonyl (C=O) groups excluding carboxylic acids is 1. The van der Waals surface area contributed by atoms with Gasteiger partial charge in [-0.05, 0) is 30.7 Å². The highest BCUT2D eigenvalue weighted by molar-refractivity contribution is 9.10. The summed E-state index contributed by atoms with van der Waals surface area (Å²) in [6.07, 6.45) is 1.63. The molecule has 0 aliphatic heterocycles. The van der Waals surface area contributed by atoms with Crippen LogP contribution in [0.15, 0.2) is 35.3 Å². The topological polar surface area (TPSA) is 38.3 Å². The molecule has 0 bridgehead atoms. The number of amides is 1. The SMILES string of the molecule is C=CCNC(=O)COc1ccc(Br)c(C)c1. The van der Waals surface area contributed by atoms with E-state index in [4.69, 9.17) is 4.74 Å². The fourth-order valence-electron chi connectivity index (χ4n) is 1.09. The zero-order valence-corrected chi connectivity index (χ0v) is 10.7. The maximum atomic E-state index is 11.2. The van der Waals surface area contributed by atoms with Gasteiger partial charge in [0.15, 0.2) is 6.61 Å². The third kappa shape index (κ3) is 4.06. The van der Waals surface area contributed by atoms with E-state index in [9.17, 15) is 4.79 Å². The Bertz CT molecular complexity index is 391. The predicted molar refractivity (Wildman–Crippen MR) is 67.6 cm³/mol. The normalized spacial score (nSPS) is 9.62. The van der Waals surface area contributed by atoms with Crippen LogP contribution in [0.2, 0.25) is 0 Å². The zero-order valence-electron chi connectivity index (χ0n) is 9.13. The van der Waals surface area contributed by atoms with Crippen LogP contribution in [0.1, 0.15) is 5.56 Å². The summed E-state index contributed by atoms with van der Waals surface area (Å²) in [5.74, 6) is 0.537. The number of halogens is 1. The molecule has 86 valence electrons. The van der Waals surface area contributed by atoms with Crippen molar-refractivity contribution in [2.24, 2.45) is 0 Å². The number of carbonyl (C=O) groups is 1. The van der Waals surface area contributed by atoms with E-state index in [-0.39, 0.29) is 12.5 Å². The second-order valence-electron chi connectivity index (χ2n) is 3.29. The van der Waals surface area contributed by atoms with Crippen molar-refractivity contribution in [2.75, 3.05) is 13.2 Å². The van der Waals surface area contributed by atoms with Crippen molar-refractivity contribution >= 4 is 21.8 Å². The summed E-state index contributed by atoms with van der Waals surface area (Å²) in [5.41, 5.74) is 1.07. The minimum absolute atomic E-state index is 0.0227. The summed E-state index contributed by atoms with van der Waals surface area (Å²) < 4.78 is 6.36. The Morgan fingerprint density at radius 3 is 3.00 bits per heavy atom. The number of hydrogen-bond acceptors (Lipinski definition) is 2. The van der Waals surface area contributed by atoms with Gasteiger partial charge in [0.2, 0.25) is 0 Å². The van der Waals surface area contributed by atoms with Crippen molar-refractivity contribution in [3.63, 3.8) is 0 Å². The predicted octanol–water partition coefficient (Wildman–Crippen LogP) is 2.44. The lowest BCUT2D eigenvalue weighted by atomic mass is 10.2. The monoisotopic (exact) mass is 283 g/mol. The van der Waals surface area contributed by atoms with Gasteiger partial charge in [-0.15, -0.1) is 6.58 Å². The van der Waals surface area contributed by atoms with Crippen molar-refractivity contribution in [1.82, 2.24) is 5.32 Å². The molecule has 1 aromatic rings. The Morgan fingerprint density at radius 1 is 1.62 bits per heavy atom. The third-order valence-corrected chi connectivity index (χ3v) is 2.83. The number of hydrogen-bond donors (Lipinski definition) is 1. The average molecular weight is 284 g/mol. The van der Waals surface area contributed by atoms with Crippen LogP contribution in [0.3, 0.4) is 0 Å². The largest absolute Gasteiger partial charge is 0.484 e. The van der Waals surface area contributed by atoms with Crippen molar-refractivity contribution in [3.8, 4) is 5.75 Å². The molecule has 0 aliphatic carbocycles. The average Bonchev–Trinajstić information content (AvgIpc) is 2.28. The van der Waals surface area contributed by atoms with Gasteiger partial charge in [0.1, 0.15) is 5.75 Å². The fourth-order valence-corrected chi connectivity index (χ4v) is 1.34. The van der Waals surface area contributed by atoms with Gasteiger partial charge in [0, 0.05) is 11.0 Å². The first kappa shape index (κ1) is 12.8. The molecule has 0 spiro atoms. The Labute approximate surface area is 104 Å². The van der Waals surface area contributed by atoms with Crippen LogP contribution in [0.5, 0.6) is 5.75 Å². The van der Waals surface area contributed by atoms with E-state index >= 15 is 0 Å². The van der Waals surface area contributed by atoms with Crippen molar-refractivity contribution < 1.29 is 9.53 Å². The molecule has 4 heteroatoms. The molecule has 3 nitrogen and oxygen atoms in total. The van der Waals surface area contributed by atoms with E-state index in [0.717, 1.165) is 10.0 Å². The first-order valence-corrected chi connectivity index (χ1v) is 5.69. The highest BCUT2D eigenvalue weighted by Crippen LogP contribution is 2.21. The van der Waals surface area contributed by atoms with Gasteiger partial charge in [-0.1, -0.05) is 22.0 Å². The summed E-state index contributed by atoms with van der Waals surface area (Å²) in [6.45, 7) is 5.96. The summed E-state index contributed by atoms with van der Waals surface area (Å²) in [6, 6.07) is 5.59. The molecule has 0 unspecified atom stereocenters. The summed E-state index contributed by atoms with van der Waals surface area (Å²) in [4.78, 5) is 11.2. The molecule has 1 rings (SSSR count). The van der Waals surface area contributed by atoms with Crippen LogP contribution in [0.4, 0.5) is 0 Å². The van der Waals surface area contributed by atoms with Gasteiger partial charge in [-0.25, -0.2) is 0 Å². The van der Waals surface area contributed by atoms with E-state index in [1.165, 1.54) is 0 Å². The van der Waals surface area contributed by atoms with Crippen LogP contribution in [0.25, 0.3) is 0 Å². The van der Waals surface area contributed by atoms with Crippen LogP contribution in [-0.2, 0) is 4.79 Å². The third-order valence-electron chi connectivity index (χ3n) is 1.94. The van der Waals surface area contributed by atoms with E-state index in [2.05, 4.69) is 27.8 Å². The molecule has 0 aromatic heterocycles. The summed E-state index contributed by atoms with van der Waals surface area (Å²) in [7, 11) is 0. The first-order valence-electron chi connectivity index (χ1n) is 4.90. The minimum Gasteiger partial charge on any atom is -0.484 e. The van der Waals surface area contributed by atoms with E-state index in [1.807, 2.05) is 25.1 Å². The maximum Gasteiger partial charge on any atom is 0.258 e. The lowest BCUT2D eigenvalue weighted by molar-refractivity contribution is -0.122. The highest BCUT2D eigenvalue weighted by atomic mass is 79.9. The lowest BCUT2D eigenvalue weighted by Gasteiger charge is -2.07.